The zero-order valence-corrected chi connectivity index (χ0v) is 19.2. The highest BCUT2D eigenvalue weighted by Crippen LogP contribution is 2.39. The van der Waals surface area contributed by atoms with Crippen LogP contribution in [0.15, 0.2) is 54.9 Å². The Morgan fingerprint density at radius 1 is 1.21 bits per heavy atom. The lowest BCUT2D eigenvalue weighted by molar-refractivity contribution is 0.103. The van der Waals surface area contributed by atoms with Crippen LogP contribution in [-0.4, -0.2) is 20.5 Å². The lowest BCUT2D eigenvalue weighted by Crippen LogP contribution is -2.50. The minimum Gasteiger partial charge on any atom is -0.356 e. The largest absolute Gasteiger partial charge is 0.356 e. The molecule has 33 heavy (non-hydrogen) atoms. The molecular weight excluding hydrogens is 441 g/mol. The van der Waals surface area contributed by atoms with E-state index in [-0.39, 0.29) is 24.0 Å². The summed E-state index contributed by atoms with van der Waals surface area (Å²) in [5.41, 5.74) is 17.2. The first-order valence-corrected chi connectivity index (χ1v) is 10.8. The Hall–Kier alpha value is -3.00. The Kier molecular flexibility index (Phi) is 6.14. The minimum absolute atomic E-state index is 0. The molecule has 6 nitrogen and oxygen atoms in total. The van der Waals surface area contributed by atoms with Crippen molar-refractivity contribution < 1.29 is 9.18 Å². The summed E-state index contributed by atoms with van der Waals surface area (Å²) < 4.78 is 15.1. The van der Waals surface area contributed by atoms with Gasteiger partial charge in [-0.2, -0.15) is 5.10 Å². The predicted octanol–water partition coefficient (Wildman–Crippen LogP) is 3.96. The van der Waals surface area contributed by atoms with Crippen LogP contribution in [0.1, 0.15) is 45.6 Å². The van der Waals surface area contributed by atoms with Gasteiger partial charge in [-0.3, -0.25) is 9.48 Å². The van der Waals surface area contributed by atoms with Gasteiger partial charge >= 0.3 is 0 Å². The van der Waals surface area contributed by atoms with Crippen LogP contribution in [0.3, 0.4) is 0 Å². The maximum atomic E-state index is 13.2. The van der Waals surface area contributed by atoms with Crippen molar-refractivity contribution in [3.05, 3.63) is 88.6 Å². The molecule has 2 aromatic heterocycles. The summed E-state index contributed by atoms with van der Waals surface area (Å²) >= 11 is 0. The maximum absolute atomic E-state index is 13.2. The number of benzene rings is 2. The molecule has 0 saturated carbocycles. The molecule has 1 atom stereocenters. The second kappa shape index (κ2) is 8.74. The molecule has 0 radical (unpaired) electrons. The third kappa shape index (κ3) is 4.44. The molecule has 0 spiro atoms. The summed E-state index contributed by atoms with van der Waals surface area (Å²) in [6.45, 7) is 0. The number of ketones is 1. The number of nitrogens with one attached hydrogen (secondary N) is 1. The van der Waals surface area contributed by atoms with Crippen LogP contribution >= 0.6 is 12.4 Å². The van der Waals surface area contributed by atoms with E-state index >= 15 is 0 Å². The van der Waals surface area contributed by atoms with Crippen molar-refractivity contribution in [2.75, 3.05) is 0 Å². The molecular formula is C25H27ClFN5O. The highest BCUT2D eigenvalue weighted by Gasteiger charge is 2.36. The molecule has 4 aromatic rings. The molecule has 8 heteroatoms. The molecule has 5 rings (SSSR count). The zero-order valence-electron chi connectivity index (χ0n) is 18.3. The highest BCUT2D eigenvalue weighted by atomic mass is 35.5. The van der Waals surface area contributed by atoms with E-state index in [0.717, 1.165) is 41.4 Å². The van der Waals surface area contributed by atoms with Crippen molar-refractivity contribution in [1.29, 1.82) is 0 Å². The number of fused-ring (bicyclic) bond motifs is 3. The van der Waals surface area contributed by atoms with Crippen LogP contribution in [0.4, 0.5) is 4.39 Å². The van der Waals surface area contributed by atoms with E-state index < -0.39 is 5.66 Å². The number of aromatic nitrogens is 3. The van der Waals surface area contributed by atoms with E-state index in [2.05, 4.69) is 10.1 Å². The molecule has 0 fully saturated rings. The summed E-state index contributed by atoms with van der Waals surface area (Å²) in [5, 5.41) is 5.21. The fourth-order valence-electron chi connectivity index (χ4n) is 4.88. The van der Waals surface area contributed by atoms with Gasteiger partial charge in [-0.1, -0.05) is 0 Å². The number of carbonyl (C=O) groups excluding carboxylic acids is 1. The van der Waals surface area contributed by atoms with Gasteiger partial charge in [0.05, 0.1) is 11.9 Å². The molecule has 1 aliphatic rings. The second-order valence-corrected chi connectivity index (χ2v) is 8.95. The van der Waals surface area contributed by atoms with E-state index in [0.29, 0.717) is 23.5 Å². The monoisotopic (exact) mass is 467 g/mol. The number of carbonyl (C=O) groups is 1. The Labute approximate surface area is 197 Å². The fourth-order valence-corrected chi connectivity index (χ4v) is 4.88. The standard InChI is InChI=1S/C25H26FN5O.ClH/c1-31-14-16(13-29-31)3-2-15-10-21-20-11-18(23(32)17-4-7-19(26)8-5-17)6-9-22(20)30-24(21)25(27,28)12-15;/h4-9,11,13-15,30H,2-3,10,12,27-28H2,1H3;1H. The van der Waals surface area contributed by atoms with Gasteiger partial charge in [0.25, 0.3) is 0 Å². The molecule has 0 aliphatic heterocycles. The Balaban J connectivity index is 0.00000259. The van der Waals surface area contributed by atoms with Crippen LogP contribution in [0.2, 0.25) is 0 Å². The number of halogens is 2. The molecule has 0 bridgehead atoms. The normalized spacial score (nSPS) is 16.9. The molecule has 2 heterocycles. The minimum atomic E-state index is -0.951. The van der Waals surface area contributed by atoms with Crippen LogP contribution in [0.25, 0.3) is 10.9 Å². The number of hydrogen-bond donors (Lipinski definition) is 3. The Bertz CT molecular complexity index is 1310. The average molecular weight is 468 g/mol. The molecule has 0 saturated heterocycles. The first-order chi connectivity index (χ1) is 15.3. The van der Waals surface area contributed by atoms with Crippen molar-refractivity contribution in [2.45, 2.75) is 31.3 Å². The number of hydrogen-bond acceptors (Lipinski definition) is 4. The number of aryl methyl sites for hydroxylation is 2. The van der Waals surface area contributed by atoms with E-state index in [1.54, 1.807) is 6.07 Å². The van der Waals surface area contributed by atoms with E-state index in [4.69, 9.17) is 11.5 Å². The van der Waals surface area contributed by atoms with E-state index in [1.165, 1.54) is 29.8 Å². The third-order valence-corrected chi connectivity index (χ3v) is 6.46. The number of rotatable bonds is 5. The predicted molar refractivity (Wildman–Crippen MR) is 129 cm³/mol. The van der Waals surface area contributed by atoms with Gasteiger partial charge in [-0.05, 0) is 85.2 Å². The van der Waals surface area contributed by atoms with Crippen molar-refractivity contribution in [1.82, 2.24) is 14.8 Å². The van der Waals surface area contributed by atoms with Crippen LogP contribution in [0, 0.1) is 11.7 Å². The molecule has 172 valence electrons. The maximum Gasteiger partial charge on any atom is 0.193 e. The zero-order chi connectivity index (χ0) is 22.5. The van der Waals surface area contributed by atoms with Crippen LogP contribution in [0.5, 0.6) is 0 Å². The Morgan fingerprint density at radius 2 is 1.94 bits per heavy atom. The molecule has 5 N–H and O–H groups in total. The highest BCUT2D eigenvalue weighted by molar-refractivity contribution is 6.10. The second-order valence-electron chi connectivity index (χ2n) is 8.95. The first kappa shape index (κ1) is 23.2. The number of nitrogens with two attached hydrogens (primary N) is 2. The lowest BCUT2D eigenvalue weighted by Gasteiger charge is -2.35. The smallest absolute Gasteiger partial charge is 0.193 e. The SMILES string of the molecule is Cl.Cn1cc(CCC2Cc3c([nH]c4ccc(C(=O)c5ccc(F)cc5)cc34)C(N)(N)C2)cn1. The van der Waals surface area contributed by atoms with E-state index in [1.807, 2.05) is 36.3 Å². The number of H-pyrrole nitrogens is 1. The Morgan fingerprint density at radius 3 is 2.64 bits per heavy atom. The summed E-state index contributed by atoms with van der Waals surface area (Å²) in [4.78, 5) is 16.3. The van der Waals surface area contributed by atoms with Gasteiger partial charge in [0.2, 0.25) is 0 Å². The number of nitrogens with zero attached hydrogens (tertiary/aromatic N) is 2. The molecule has 0 amide bonds. The summed E-state index contributed by atoms with van der Waals surface area (Å²) in [6.07, 6.45) is 7.34. The molecule has 1 aliphatic carbocycles. The van der Waals surface area contributed by atoms with Gasteiger partial charge in [-0.15, -0.1) is 12.4 Å². The third-order valence-electron chi connectivity index (χ3n) is 6.46. The van der Waals surface area contributed by atoms with Crippen LogP contribution in [-0.2, 0) is 25.6 Å². The quantitative estimate of drug-likeness (QED) is 0.305. The van der Waals surface area contributed by atoms with Gasteiger partial charge in [0, 0.05) is 35.3 Å². The van der Waals surface area contributed by atoms with Gasteiger partial charge in [-0.25, -0.2) is 4.39 Å². The number of aromatic amines is 1. The molecule has 2 aromatic carbocycles. The van der Waals surface area contributed by atoms with Crippen molar-refractivity contribution >= 4 is 29.1 Å². The topological polar surface area (TPSA) is 103 Å². The summed E-state index contributed by atoms with van der Waals surface area (Å²) in [6, 6.07) is 11.2. The van der Waals surface area contributed by atoms with Gasteiger partial charge in [0.15, 0.2) is 5.78 Å². The average Bonchev–Trinajstić information content (AvgIpc) is 3.35. The van der Waals surface area contributed by atoms with Crippen LogP contribution < -0.4 is 11.5 Å². The fraction of sp³-hybridized carbons (Fsp3) is 0.280. The van der Waals surface area contributed by atoms with Crippen molar-refractivity contribution in [2.24, 2.45) is 24.4 Å². The van der Waals surface area contributed by atoms with Gasteiger partial charge < -0.3 is 16.5 Å². The molecule has 1 unspecified atom stereocenters. The van der Waals surface area contributed by atoms with Gasteiger partial charge in [0.1, 0.15) is 11.5 Å². The van der Waals surface area contributed by atoms with E-state index in [9.17, 15) is 9.18 Å². The summed E-state index contributed by atoms with van der Waals surface area (Å²) in [7, 11) is 1.91. The van der Waals surface area contributed by atoms with Crippen molar-refractivity contribution in [3.63, 3.8) is 0 Å². The van der Waals surface area contributed by atoms with Crippen molar-refractivity contribution in [3.8, 4) is 0 Å². The summed E-state index contributed by atoms with van der Waals surface area (Å²) in [5.74, 6) is -0.179. The first-order valence-electron chi connectivity index (χ1n) is 10.8. The lowest BCUT2D eigenvalue weighted by atomic mass is 9.77.